The quantitative estimate of drug-likeness (QED) is 0.296. The molecule has 0 unspecified atom stereocenters. The number of methoxy groups -OCH3 is 2. The Labute approximate surface area is 237 Å². The molecule has 220 valence electrons. The first-order valence-corrected chi connectivity index (χ1v) is 12.8. The fourth-order valence-corrected chi connectivity index (χ4v) is 4.20. The number of ether oxygens (including phenoxy) is 5. The number of amides is 2. The van der Waals surface area contributed by atoms with Crippen molar-refractivity contribution in [2.24, 2.45) is 0 Å². The summed E-state index contributed by atoms with van der Waals surface area (Å²) < 4.78 is 27.1. The van der Waals surface area contributed by atoms with Gasteiger partial charge < -0.3 is 44.3 Å². The van der Waals surface area contributed by atoms with E-state index >= 15 is 0 Å². The molecule has 5 N–H and O–H groups in total. The van der Waals surface area contributed by atoms with Crippen LogP contribution in [0.25, 0.3) is 0 Å². The molecular weight excluding hydrogens is 548 g/mol. The minimum atomic E-state index is -1.48. The lowest BCUT2D eigenvalue weighted by Gasteiger charge is -2.41. The molecule has 1 fully saturated rings. The summed E-state index contributed by atoms with van der Waals surface area (Å²) in [5.74, 6) is -0.320. The summed E-state index contributed by atoms with van der Waals surface area (Å²) in [6.07, 6.45) is -5.74. The van der Waals surface area contributed by atoms with E-state index in [9.17, 15) is 24.9 Å². The second-order valence-corrected chi connectivity index (χ2v) is 10.4. The maximum absolute atomic E-state index is 13.1. The van der Waals surface area contributed by atoms with Crippen LogP contribution in [-0.2, 0) is 20.8 Å². The van der Waals surface area contributed by atoms with E-state index in [1.165, 1.54) is 26.4 Å². The topological polar surface area (TPSA) is 165 Å². The Morgan fingerprint density at radius 2 is 1.80 bits per heavy atom. The molecule has 2 amide bonds. The lowest BCUT2D eigenvalue weighted by atomic mass is 9.96. The molecular formula is C27H35ClN2O10. The largest absolute Gasteiger partial charge is 0.496 e. The number of halogens is 1. The summed E-state index contributed by atoms with van der Waals surface area (Å²) in [5.41, 5.74) is 0.639. The number of carbonyl (C=O) groups excluding carboxylic acids is 2. The molecule has 0 radical (unpaired) electrons. The van der Waals surface area contributed by atoms with Gasteiger partial charge in [-0.25, -0.2) is 4.79 Å². The molecule has 0 aliphatic carbocycles. The van der Waals surface area contributed by atoms with E-state index in [2.05, 4.69) is 10.6 Å². The summed E-state index contributed by atoms with van der Waals surface area (Å²) in [6, 6.07) is 8.61. The highest BCUT2D eigenvalue weighted by molar-refractivity contribution is 6.32. The number of rotatable bonds is 9. The fraction of sp³-hybridized carbons (Fsp3) is 0.481. The first-order chi connectivity index (χ1) is 18.9. The molecule has 1 aliphatic heterocycles. The van der Waals surface area contributed by atoms with Crippen molar-refractivity contribution in [3.8, 4) is 11.5 Å². The third-order valence-corrected chi connectivity index (χ3v) is 6.17. The standard InChI is InChI=1S/C27H35ClN2O10/c1-27(2,3)40-26(35)29-15-8-6-7-14(9-15)13-38-19-11-18(36-4)16(10-17(19)28)24(34)30-21-23(33)22(32)20(12-31)39-25(21)37-5/h6-11,20-23,25,31-33H,12-13H2,1-5H3,(H,29,35)(H,30,34)/t20-,21-,22-,23-,25-/m1/s1. The average Bonchev–Trinajstić information content (AvgIpc) is 2.89. The first kappa shape index (κ1) is 31.4. The Balaban J connectivity index is 1.71. The molecule has 2 aromatic carbocycles. The highest BCUT2D eigenvalue weighted by atomic mass is 35.5. The van der Waals surface area contributed by atoms with Crippen LogP contribution in [0.15, 0.2) is 36.4 Å². The molecule has 5 atom stereocenters. The number of aliphatic hydroxyl groups is 3. The lowest BCUT2D eigenvalue weighted by Crippen LogP contribution is -2.64. The van der Waals surface area contributed by atoms with Gasteiger partial charge in [0, 0.05) is 18.9 Å². The van der Waals surface area contributed by atoms with E-state index in [0.29, 0.717) is 5.69 Å². The Kier molecular flexibility index (Phi) is 10.6. The van der Waals surface area contributed by atoms with Crippen LogP contribution >= 0.6 is 11.6 Å². The summed E-state index contributed by atoms with van der Waals surface area (Å²) in [4.78, 5) is 25.2. The Morgan fingerprint density at radius 1 is 1.07 bits per heavy atom. The van der Waals surface area contributed by atoms with Crippen molar-refractivity contribution in [1.29, 1.82) is 0 Å². The summed E-state index contributed by atoms with van der Waals surface area (Å²) in [6.45, 7) is 4.85. The third-order valence-electron chi connectivity index (χ3n) is 5.88. The number of aliphatic hydroxyl groups excluding tert-OH is 3. The summed E-state index contributed by atoms with van der Waals surface area (Å²) in [5, 5.41) is 35.4. The van der Waals surface area contributed by atoms with Crippen LogP contribution < -0.4 is 20.1 Å². The van der Waals surface area contributed by atoms with Gasteiger partial charge in [0.25, 0.3) is 5.91 Å². The molecule has 12 nitrogen and oxygen atoms in total. The van der Waals surface area contributed by atoms with E-state index in [4.69, 9.17) is 35.3 Å². The molecule has 40 heavy (non-hydrogen) atoms. The van der Waals surface area contributed by atoms with Gasteiger partial charge in [-0.05, 0) is 44.5 Å². The average molecular weight is 583 g/mol. The smallest absolute Gasteiger partial charge is 0.412 e. The van der Waals surface area contributed by atoms with Gasteiger partial charge in [-0.1, -0.05) is 23.7 Å². The molecule has 1 aliphatic rings. The molecule has 0 saturated carbocycles. The summed E-state index contributed by atoms with van der Waals surface area (Å²) >= 11 is 6.42. The Morgan fingerprint density at radius 3 is 2.42 bits per heavy atom. The minimum absolute atomic E-state index is 0.0317. The molecule has 0 bridgehead atoms. The van der Waals surface area contributed by atoms with Gasteiger partial charge in [-0.2, -0.15) is 0 Å². The fourth-order valence-electron chi connectivity index (χ4n) is 3.98. The van der Waals surface area contributed by atoms with E-state index in [0.717, 1.165) is 5.56 Å². The molecule has 2 aromatic rings. The van der Waals surface area contributed by atoms with Gasteiger partial charge >= 0.3 is 6.09 Å². The predicted octanol–water partition coefficient (Wildman–Crippen LogP) is 2.46. The number of hydrogen-bond acceptors (Lipinski definition) is 10. The van der Waals surface area contributed by atoms with E-state index < -0.39 is 54.9 Å². The molecule has 0 spiro atoms. The predicted molar refractivity (Wildman–Crippen MR) is 145 cm³/mol. The zero-order valence-electron chi connectivity index (χ0n) is 22.8. The van der Waals surface area contributed by atoms with Gasteiger partial charge in [-0.3, -0.25) is 10.1 Å². The number of anilines is 1. The highest BCUT2D eigenvalue weighted by Gasteiger charge is 2.45. The SMILES string of the molecule is COc1cc(OCc2cccc(NC(=O)OC(C)(C)C)c2)c(Cl)cc1C(=O)N[C@H]1[C@H](OC)O[C@H](CO)[C@@H](O)[C@@H]1O. The van der Waals surface area contributed by atoms with Crippen molar-refractivity contribution in [2.75, 3.05) is 26.1 Å². The van der Waals surface area contributed by atoms with Crippen LogP contribution in [0.2, 0.25) is 5.02 Å². The Hall–Kier alpha value is -3.13. The van der Waals surface area contributed by atoms with Crippen molar-refractivity contribution in [3.63, 3.8) is 0 Å². The number of nitrogens with one attached hydrogen (secondary N) is 2. The van der Waals surface area contributed by atoms with Gasteiger partial charge in [0.05, 0.1) is 24.3 Å². The highest BCUT2D eigenvalue weighted by Crippen LogP contribution is 2.34. The van der Waals surface area contributed by atoms with Gasteiger partial charge in [0.15, 0.2) is 6.29 Å². The van der Waals surface area contributed by atoms with E-state index in [-0.39, 0.29) is 28.7 Å². The Bertz CT molecular complexity index is 1190. The van der Waals surface area contributed by atoms with Crippen LogP contribution in [-0.4, -0.2) is 84.4 Å². The maximum Gasteiger partial charge on any atom is 0.412 e. The van der Waals surface area contributed by atoms with Crippen LogP contribution in [0.3, 0.4) is 0 Å². The lowest BCUT2D eigenvalue weighted by molar-refractivity contribution is -0.261. The van der Waals surface area contributed by atoms with Crippen molar-refractivity contribution < 1.29 is 48.6 Å². The normalized spacial score (nSPS) is 22.8. The van der Waals surface area contributed by atoms with Crippen LogP contribution in [0.5, 0.6) is 11.5 Å². The molecule has 3 rings (SSSR count). The second kappa shape index (κ2) is 13.5. The zero-order chi connectivity index (χ0) is 29.6. The van der Waals surface area contributed by atoms with Crippen LogP contribution in [0.4, 0.5) is 10.5 Å². The number of hydrogen-bond donors (Lipinski definition) is 5. The number of benzene rings is 2. The molecule has 13 heteroatoms. The van der Waals surface area contributed by atoms with Gasteiger partial charge in [0.2, 0.25) is 0 Å². The third kappa shape index (κ3) is 7.96. The van der Waals surface area contributed by atoms with Crippen molar-refractivity contribution >= 4 is 29.3 Å². The van der Waals surface area contributed by atoms with Gasteiger partial charge in [-0.15, -0.1) is 0 Å². The van der Waals surface area contributed by atoms with E-state index in [1.807, 2.05) is 0 Å². The van der Waals surface area contributed by atoms with Crippen molar-refractivity contribution in [1.82, 2.24) is 5.32 Å². The second-order valence-electron chi connectivity index (χ2n) is 10.0. The van der Waals surface area contributed by atoms with Crippen LogP contribution in [0.1, 0.15) is 36.7 Å². The van der Waals surface area contributed by atoms with Crippen LogP contribution in [0, 0.1) is 0 Å². The molecule has 1 heterocycles. The number of carbonyl (C=O) groups is 2. The molecule has 0 aromatic heterocycles. The maximum atomic E-state index is 13.1. The van der Waals surface area contributed by atoms with Crippen molar-refractivity contribution in [2.45, 2.75) is 63.6 Å². The molecule has 1 saturated heterocycles. The zero-order valence-corrected chi connectivity index (χ0v) is 23.6. The summed E-state index contributed by atoms with van der Waals surface area (Å²) in [7, 11) is 2.66. The first-order valence-electron chi connectivity index (χ1n) is 12.4. The van der Waals surface area contributed by atoms with Crippen molar-refractivity contribution in [3.05, 3.63) is 52.5 Å². The monoisotopic (exact) mass is 582 g/mol. The van der Waals surface area contributed by atoms with E-state index in [1.54, 1.807) is 45.0 Å². The minimum Gasteiger partial charge on any atom is -0.496 e. The van der Waals surface area contributed by atoms with Gasteiger partial charge in [0.1, 0.15) is 48.1 Å².